The Morgan fingerprint density at radius 3 is 2.26 bits per heavy atom. The average molecular weight is 434 g/mol. The molecule has 0 saturated carbocycles. The lowest BCUT2D eigenvalue weighted by Crippen LogP contribution is -2.63. The minimum Gasteiger partial charge on any atom is -0.511 e. The Morgan fingerprint density at radius 1 is 0.935 bits per heavy atom. The normalized spacial score (nSPS) is 32.9. The van der Waals surface area contributed by atoms with Crippen LogP contribution in [0.25, 0.3) is 23.2 Å². The van der Waals surface area contributed by atoms with E-state index in [-0.39, 0.29) is 22.1 Å². The van der Waals surface area contributed by atoms with Crippen LogP contribution in [-0.2, 0) is 4.74 Å². The number of phenolic OH excluding ortho intramolecular Hbond substituents is 1. The monoisotopic (exact) mass is 434 g/mol. The Hall–Kier alpha value is -2.73. The molecule has 2 aliphatic rings. The van der Waals surface area contributed by atoms with Crippen LogP contribution in [0, 0.1) is 5.92 Å². The largest absolute Gasteiger partial charge is 0.511 e. The van der Waals surface area contributed by atoms with Crippen molar-refractivity contribution in [2.75, 3.05) is 6.61 Å². The molecule has 1 aliphatic heterocycles. The molecule has 0 spiro atoms. The molecule has 2 aromatic rings. The van der Waals surface area contributed by atoms with Gasteiger partial charge in [-0.1, -0.05) is 0 Å². The Morgan fingerprint density at radius 2 is 1.61 bits per heavy atom. The molecule has 7 atom stereocenters. The summed E-state index contributed by atoms with van der Waals surface area (Å²) < 4.78 is 11.1. The number of aliphatic hydroxyl groups excluding tert-OH is 6. The summed E-state index contributed by atoms with van der Waals surface area (Å²) in [6.45, 7) is -0.677. The molecule has 10 nitrogen and oxygen atoms in total. The van der Waals surface area contributed by atoms with Crippen LogP contribution in [0.5, 0.6) is 5.75 Å². The van der Waals surface area contributed by atoms with Crippen LogP contribution in [0.15, 0.2) is 39.5 Å². The van der Waals surface area contributed by atoms with Gasteiger partial charge in [-0.3, -0.25) is 4.79 Å². The van der Waals surface area contributed by atoms with Crippen molar-refractivity contribution in [3.8, 4) is 17.1 Å². The quantitative estimate of drug-likeness (QED) is 0.268. The van der Waals surface area contributed by atoms with Crippen LogP contribution < -0.4 is 16.1 Å². The fraction of sp³-hybridized carbons (Fsp3) is 0.381. The topological polar surface area (TPSA) is 181 Å². The van der Waals surface area contributed by atoms with Crippen LogP contribution in [0.4, 0.5) is 0 Å². The zero-order valence-electron chi connectivity index (χ0n) is 16.1. The lowest BCUT2D eigenvalue weighted by Gasteiger charge is -2.44. The molecule has 7 N–H and O–H groups in total. The summed E-state index contributed by atoms with van der Waals surface area (Å²) in [7, 11) is 0. The van der Waals surface area contributed by atoms with E-state index in [4.69, 9.17) is 9.15 Å². The van der Waals surface area contributed by atoms with E-state index in [1.807, 2.05) is 0 Å². The molecular formula is C21H22O10. The van der Waals surface area contributed by atoms with Gasteiger partial charge in [-0.15, -0.1) is 0 Å². The first-order valence-corrected chi connectivity index (χ1v) is 9.60. The first-order valence-electron chi connectivity index (χ1n) is 9.60. The van der Waals surface area contributed by atoms with Gasteiger partial charge in [0.2, 0.25) is 0 Å². The van der Waals surface area contributed by atoms with Gasteiger partial charge in [0.05, 0.1) is 24.7 Å². The maximum Gasteiger partial charge on any atom is 0.196 e. The molecule has 166 valence electrons. The number of aliphatic hydroxyl groups is 6. The van der Waals surface area contributed by atoms with Crippen molar-refractivity contribution in [3.05, 3.63) is 51.2 Å². The number of hydrogen-bond donors (Lipinski definition) is 7. The Labute approximate surface area is 174 Å². The van der Waals surface area contributed by atoms with E-state index in [0.717, 1.165) is 6.07 Å². The molecule has 0 bridgehead atoms. The van der Waals surface area contributed by atoms with Crippen LogP contribution in [0.3, 0.4) is 0 Å². The maximum atomic E-state index is 12.8. The highest BCUT2D eigenvalue weighted by Gasteiger charge is 2.49. The Bertz CT molecular complexity index is 1140. The SMILES string of the molecule is O=c1cc(-c2ccc(O)cc2)oc2c1=C(O)C([C@@H]1O[C@H](CO)[C@@H](O)[C@H](O)[C@H]1O)C(O)C=2. The number of phenols is 1. The van der Waals surface area contributed by atoms with Gasteiger partial charge >= 0.3 is 0 Å². The van der Waals surface area contributed by atoms with Crippen molar-refractivity contribution in [1.29, 1.82) is 0 Å². The predicted molar refractivity (Wildman–Crippen MR) is 105 cm³/mol. The molecule has 1 aliphatic carbocycles. The van der Waals surface area contributed by atoms with Gasteiger partial charge in [0.25, 0.3) is 0 Å². The third kappa shape index (κ3) is 3.63. The third-order valence-corrected chi connectivity index (χ3v) is 5.67. The molecular weight excluding hydrogens is 412 g/mol. The standard InChI is InChI=1S/C21H22O10/c22-7-14-17(26)19(28)20(29)21(31-14)16-11(25)6-13-15(18(16)27)10(24)5-12(30-13)8-1-3-9(23)4-2-8/h1-6,11,14,16-17,19-23,25-29H,7H2/t11?,14-,16?,17-,19+,20-,21+/m1/s1. The predicted octanol–water partition coefficient (Wildman–Crippen LogP) is -2.71. The highest BCUT2D eigenvalue weighted by atomic mass is 16.5. The highest BCUT2D eigenvalue weighted by molar-refractivity contribution is 5.59. The third-order valence-electron chi connectivity index (χ3n) is 5.67. The van der Waals surface area contributed by atoms with Gasteiger partial charge in [-0.2, -0.15) is 0 Å². The van der Waals surface area contributed by atoms with Crippen LogP contribution in [0.2, 0.25) is 0 Å². The number of hydrogen-bond acceptors (Lipinski definition) is 10. The van der Waals surface area contributed by atoms with Crippen molar-refractivity contribution in [1.82, 2.24) is 0 Å². The van der Waals surface area contributed by atoms with Crippen molar-refractivity contribution >= 4 is 11.8 Å². The smallest absolute Gasteiger partial charge is 0.196 e. The summed E-state index contributed by atoms with van der Waals surface area (Å²) >= 11 is 0. The first-order chi connectivity index (χ1) is 14.7. The Balaban J connectivity index is 1.80. The summed E-state index contributed by atoms with van der Waals surface area (Å²) in [5.74, 6) is -1.80. The second-order valence-electron chi connectivity index (χ2n) is 7.62. The van der Waals surface area contributed by atoms with Gasteiger partial charge in [-0.25, -0.2) is 0 Å². The van der Waals surface area contributed by atoms with Gasteiger partial charge in [0.1, 0.15) is 52.3 Å². The lowest BCUT2D eigenvalue weighted by atomic mass is 9.81. The van der Waals surface area contributed by atoms with Crippen LogP contribution in [-0.4, -0.2) is 79.0 Å². The van der Waals surface area contributed by atoms with E-state index >= 15 is 0 Å². The van der Waals surface area contributed by atoms with E-state index in [9.17, 15) is 40.5 Å². The lowest BCUT2D eigenvalue weighted by molar-refractivity contribution is -0.241. The number of ether oxygens (including phenoxy) is 1. The molecule has 2 unspecified atom stereocenters. The van der Waals surface area contributed by atoms with Gasteiger partial charge in [0, 0.05) is 11.6 Å². The minimum atomic E-state index is -1.71. The van der Waals surface area contributed by atoms with Crippen molar-refractivity contribution in [3.63, 3.8) is 0 Å². The number of benzene rings is 1. The highest BCUT2D eigenvalue weighted by Crippen LogP contribution is 2.32. The summed E-state index contributed by atoms with van der Waals surface area (Å²) in [5, 5.41) is 70.3. The molecule has 31 heavy (non-hydrogen) atoms. The Kier molecular flexibility index (Phi) is 5.60. The number of rotatable bonds is 3. The fourth-order valence-corrected chi connectivity index (χ4v) is 4.01. The molecule has 10 heteroatoms. The average Bonchev–Trinajstić information content (AvgIpc) is 2.73. The number of fused-ring (bicyclic) bond motifs is 1. The minimum absolute atomic E-state index is 0.0272. The van der Waals surface area contributed by atoms with Crippen molar-refractivity contribution < 1.29 is 44.9 Å². The molecule has 0 amide bonds. The van der Waals surface area contributed by atoms with Crippen LogP contribution in [0.1, 0.15) is 0 Å². The number of aromatic hydroxyl groups is 1. The fourth-order valence-electron chi connectivity index (χ4n) is 4.01. The molecule has 0 radical (unpaired) electrons. The van der Waals surface area contributed by atoms with Gasteiger partial charge in [-0.05, 0) is 30.3 Å². The molecule has 1 aromatic carbocycles. The van der Waals surface area contributed by atoms with Gasteiger partial charge < -0.3 is 44.9 Å². The summed E-state index contributed by atoms with van der Waals surface area (Å²) in [6, 6.07) is 7.01. The zero-order valence-corrected chi connectivity index (χ0v) is 16.1. The van der Waals surface area contributed by atoms with E-state index < -0.39 is 60.3 Å². The van der Waals surface area contributed by atoms with E-state index in [1.165, 1.54) is 30.3 Å². The summed E-state index contributed by atoms with van der Waals surface area (Å²) in [4.78, 5) is 12.8. The second-order valence-corrected chi connectivity index (χ2v) is 7.62. The second kappa shape index (κ2) is 8.08. The molecule has 1 aromatic heterocycles. The van der Waals surface area contributed by atoms with E-state index in [1.54, 1.807) is 0 Å². The molecule has 2 heterocycles. The molecule has 1 saturated heterocycles. The maximum absolute atomic E-state index is 12.8. The first kappa shape index (κ1) is 21.5. The van der Waals surface area contributed by atoms with Crippen LogP contribution >= 0.6 is 0 Å². The molecule has 1 fully saturated rings. The van der Waals surface area contributed by atoms with Crippen molar-refractivity contribution in [2.24, 2.45) is 5.92 Å². The summed E-state index contributed by atoms with van der Waals surface area (Å²) in [5.41, 5.74) is -0.239. The van der Waals surface area contributed by atoms with Crippen molar-refractivity contribution in [2.45, 2.75) is 36.6 Å². The molecule has 4 rings (SSSR count). The zero-order chi connectivity index (χ0) is 22.4. The van der Waals surface area contributed by atoms with E-state index in [2.05, 4.69) is 0 Å². The summed E-state index contributed by atoms with van der Waals surface area (Å²) in [6.07, 6.45) is -7.99. The van der Waals surface area contributed by atoms with Gasteiger partial charge in [0.15, 0.2) is 5.43 Å². The van der Waals surface area contributed by atoms with E-state index in [0.29, 0.717) is 5.56 Å².